The molecular formula is C22H30F2N4O3. The lowest BCUT2D eigenvalue weighted by molar-refractivity contribution is -0.140. The zero-order valence-electron chi connectivity index (χ0n) is 18.5. The Bertz CT molecular complexity index is 953. The lowest BCUT2D eigenvalue weighted by atomic mass is 9.84. The molecule has 1 heterocycles. The van der Waals surface area contributed by atoms with Crippen LogP contribution in [0.1, 0.15) is 46.0 Å². The first-order chi connectivity index (χ1) is 14.4. The van der Waals surface area contributed by atoms with Crippen molar-refractivity contribution in [2.24, 2.45) is 18.2 Å². The monoisotopic (exact) mass is 436 g/mol. The topological polar surface area (TPSA) is 101 Å². The summed E-state index contributed by atoms with van der Waals surface area (Å²) in [5.41, 5.74) is 5.54. The number of aromatic nitrogens is 2. The maximum Gasteiger partial charge on any atom is 0.248 e. The van der Waals surface area contributed by atoms with Gasteiger partial charge in [0.25, 0.3) is 0 Å². The predicted molar refractivity (Wildman–Crippen MR) is 113 cm³/mol. The number of Topliss-reactive ketones (excluding diaryl/α,β-unsaturated/α-hetero) is 1. The van der Waals surface area contributed by atoms with Crippen LogP contribution in [0, 0.1) is 17.0 Å². The third kappa shape index (κ3) is 5.74. The summed E-state index contributed by atoms with van der Waals surface area (Å²) >= 11 is 0. The van der Waals surface area contributed by atoms with Crippen LogP contribution in [0.2, 0.25) is 0 Å². The van der Waals surface area contributed by atoms with E-state index in [-0.39, 0.29) is 30.0 Å². The summed E-state index contributed by atoms with van der Waals surface area (Å²) in [6, 6.07) is 1.76. The fraction of sp³-hybridized carbons (Fsp3) is 0.500. The number of ketones is 1. The highest BCUT2D eigenvalue weighted by Gasteiger charge is 2.38. The highest BCUT2D eigenvalue weighted by molar-refractivity contribution is 5.81. The van der Waals surface area contributed by atoms with Crippen molar-refractivity contribution in [2.45, 2.75) is 46.2 Å². The van der Waals surface area contributed by atoms with Crippen LogP contribution in [0.25, 0.3) is 11.3 Å². The van der Waals surface area contributed by atoms with E-state index in [1.54, 1.807) is 17.8 Å². The molecular weight excluding hydrogens is 406 g/mol. The fourth-order valence-corrected chi connectivity index (χ4v) is 3.52. The SMILES string of the molecule is CC(=O)[C@@H](N)CCN(C(=O)CO)[C@@H](c1nc(-c2cc(F)ccc2F)cn1C)C(C)(C)C. The predicted octanol–water partition coefficient (Wildman–Crippen LogP) is 2.58. The average molecular weight is 437 g/mol. The van der Waals surface area contributed by atoms with Crippen LogP contribution in [0.3, 0.4) is 0 Å². The number of hydrogen-bond donors (Lipinski definition) is 2. The van der Waals surface area contributed by atoms with Gasteiger partial charge in [-0.2, -0.15) is 0 Å². The van der Waals surface area contributed by atoms with Crippen LogP contribution in [-0.2, 0) is 16.6 Å². The van der Waals surface area contributed by atoms with Crippen LogP contribution >= 0.6 is 0 Å². The lowest BCUT2D eigenvalue weighted by Gasteiger charge is -2.39. The number of nitrogens with two attached hydrogens (primary N) is 1. The first-order valence-corrected chi connectivity index (χ1v) is 10.0. The van der Waals surface area contributed by atoms with Gasteiger partial charge in [-0.1, -0.05) is 20.8 Å². The molecule has 3 N–H and O–H groups in total. The number of rotatable bonds is 8. The first kappa shape index (κ1) is 24.6. The Balaban J connectivity index is 2.54. The van der Waals surface area contributed by atoms with Gasteiger partial charge < -0.3 is 20.3 Å². The third-order valence-corrected chi connectivity index (χ3v) is 5.15. The zero-order valence-corrected chi connectivity index (χ0v) is 18.5. The Kier molecular flexibility index (Phi) is 7.67. The summed E-state index contributed by atoms with van der Waals surface area (Å²) < 4.78 is 29.6. The number of halogens is 2. The Morgan fingerprint density at radius 2 is 1.94 bits per heavy atom. The second-order valence-electron chi connectivity index (χ2n) is 8.74. The molecule has 31 heavy (non-hydrogen) atoms. The van der Waals surface area contributed by atoms with Gasteiger partial charge in [-0.05, 0) is 37.0 Å². The maximum absolute atomic E-state index is 14.3. The highest BCUT2D eigenvalue weighted by atomic mass is 19.1. The molecule has 0 radical (unpaired) electrons. The summed E-state index contributed by atoms with van der Waals surface area (Å²) in [7, 11) is 1.70. The molecule has 1 aromatic carbocycles. The minimum atomic E-state index is -0.743. The molecule has 0 aliphatic carbocycles. The first-order valence-electron chi connectivity index (χ1n) is 10.0. The van der Waals surface area contributed by atoms with E-state index in [0.29, 0.717) is 5.82 Å². The molecule has 0 saturated carbocycles. The largest absolute Gasteiger partial charge is 0.387 e. The molecule has 0 spiro atoms. The summed E-state index contributed by atoms with van der Waals surface area (Å²) in [6.07, 6.45) is 1.78. The van der Waals surface area contributed by atoms with Crippen LogP contribution in [0.4, 0.5) is 8.78 Å². The molecule has 1 amide bonds. The number of aliphatic hydroxyl groups excluding tert-OH is 1. The van der Waals surface area contributed by atoms with Gasteiger partial charge in [-0.3, -0.25) is 9.59 Å². The van der Waals surface area contributed by atoms with E-state index in [2.05, 4.69) is 4.98 Å². The van der Waals surface area contributed by atoms with Crippen molar-refractivity contribution in [3.63, 3.8) is 0 Å². The van der Waals surface area contributed by atoms with Gasteiger partial charge in [-0.25, -0.2) is 13.8 Å². The molecule has 0 bridgehead atoms. The molecule has 9 heteroatoms. The number of amides is 1. The Morgan fingerprint density at radius 3 is 2.48 bits per heavy atom. The molecule has 0 aliphatic heterocycles. The van der Waals surface area contributed by atoms with Crippen molar-refractivity contribution in [1.82, 2.24) is 14.5 Å². The molecule has 7 nitrogen and oxygen atoms in total. The van der Waals surface area contributed by atoms with Gasteiger partial charge in [0.05, 0.1) is 17.8 Å². The second-order valence-corrected chi connectivity index (χ2v) is 8.74. The number of nitrogens with zero attached hydrogens (tertiary/aromatic N) is 3. The highest BCUT2D eigenvalue weighted by Crippen LogP contribution is 2.39. The quantitative estimate of drug-likeness (QED) is 0.662. The second kappa shape index (κ2) is 9.65. The van der Waals surface area contributed by atoms with E-state index in [4.69, 9.17) is 5.73 Å². The number of imidazole rings is 1. The number of carbonyl (C=O) groups is 2. The van der Waals surface area contributed by atoms with Crippen molar-refractivity contribution >= 4 is 11.7 Å². The van der Waals surface area contributed by atoms with Crippen molar-refractivity contribution in [1.29, 1.82) is 0 Å². The summed E-state index contributed by atoms with van der Waals surface area (Å²) in [5.74, 6) is -1.52. The molecule has 0 aliphatic rings. The lowest BCUT2D eigenvalue weighted by Crippen LogP contribution is -2.46. The Morgan fingerprint density at radius 1 is 1.29 bits per heavy atom. The number of benzene rings is 1. The van der Waals surface area contributed by atoms with Crippen LogP contribution < -0.4 is 5.73 Å². The minimum absolute atomic E-state index is 0.00754. The average Bonchev–Trinajstić information content (AvgIpc) is 3.05. The molecule has 0 saturated heterocycles. The summed E-state index contributed by atoms with van der Waals surface area (Å²) in [6.45, 7) is 6.48. The van der Waals surface area contributed by atoms with Gasteiger partial charge in [0.1, 0.15) is 29.8 Å². The van der Waals surface area contributed by atoms with Crippen molar-refractivity contribution in [3.8, 4) is 11.3 Å². The van der Waals surface area contributed by atoms with Crippen LogP contribution in [-0.4, -0.2) is 50.4 Å². The maximum atomic E-state index is 14.3. The van der Waals surface area contributed by atoms with Crippen molar-refractivity contribution in [2.75, 3.05) is 13.2 Å². The normalized spacial score (nSPS) is 13.7. The van der Waals surface area contributed by atoms with Crippen LogP contribution in [0.15, 0.2) is 24.4 Å². The number of hydrogen-bond acceptors (Lipinski definition) is 5. The van der Waals surface area contributed by atoms with Gasteiger partial charge in [0.15, 0.2) is 0 Å². The van der Waals surface area contributed by atoms with E-state index >= 15 is 0 Å². The Labute approximate surface area is 180 Å². The van der Waals surface area contributed by atoms with Gasteiger partial charge in [0, 0.05) is 25.4 Å². The molecule has 0 unspecified atom stereocenters. The number of aliphatic hydroxyl groups is 1. The standard InChI is InChI=1S/C22H30F2N4O3/c1-13(30)17(25)8-9-28(19(31)12-29)20(22(2,3)4)21-26-18(11-27(21)5)15-10-14(23)6-7-16(15)24/h6-7,10-11,17,20,29H,8-9,12,25H2,1-5H3/t17-,20-/m0/s1. The van der Waals surface area contributed by atoms with E-state index in [1.165, 1.54) is 11.8 Å². The van der Waals surface area contributed by atoms with Gasteiger partial charge in [-0.15, -0.1) is 0 Å². The molecule has 2 rings (SSSR count). The molecule has 2 atom stereocenters. The molecule has 0 fully saturated rings. The van der Waals surface area contributed by atoms with E-state index in [1.807, 2.05) is 20.8 Å². The molecule has 170 valence electrons. The van der Waals surface area contributed by atoms with Gasteiger partial charge >= 0.3 is 0 Å². The van der Waals surface area contributed by atoms with E-state index in [0.717, 1.165) is 18.2 Å². The summed E-state index contributed by atoms with van der Waals surface area (Å²) in [4.78, 5) is 30.2. The number of carbonyl (C=O) groups excluding carboxylic acids is 2. The number of aryl methyl sites for hydroxylation is 1. The minimum Gasteiger partial charge on any atom is -0.387 e. The Hall–Kier alpha value is -2.65. The molecule has 2 aromatic rings. The fourth-order valence-electron chi connectivity index (χ4n) is 3.52. The smallest absolute Gasteiger partial charge is 0.248 e. The zero-order chi connectivity index (χ0) is 23.5. The van der Waals surface area contributed by atoms with Crippen molar-refractivity contribution < 1.29 is 23.5 Å². The van der Waals surface area contributed by atoms with Gasteiger partial charge in [0.2, 0.25) is 5.91 Å². The van der Waals surface area contributed by atoms with E-state index in [9.17, 15) is 23.5 Å². The third-order valence-electron chi connectivity index (χ3n) is 5.15. The molecule has 1 aromatic heterocycles. The van der Waals surface area contributed by atoms with Crippen LogP contribution in [0.5, 0.6) is 0 Å². The van der Waals surface area contributed by atoms with Crippen molar-refractivity contribution in [3.05, 3.63) is 41.9 Å². The summed E-state index contributed by atoms with van der Waals surface area (Å²) in [5, 5.41) is 9.55. The van der Waals surface area contributed by atoms with E-state index < -0.39 is 41.6 Å².